The van der Waals surface area contributed by atoms with Crippen molar-refractivity contribution in [2.75, 3.05) is 0 Å². The molecule has 26 heavy (non-hydrogen) atoms. The standard InChI is InChI=1S/C22H28N4/c1-3-5-13-23-17-19-11-7-9-15-25(19)21(23)22-24(14-6-4-2)18-20-12-8-10-16-26(20)22/h7-12,15-18H,3-6,13-14H2,1-2H3/q+2. The first-order valence-electron chi connectivity index (χ1n) is 9.83. The average molecular weight is 348 g/mol. The normalized spacial score (nSPS) is 11.6. The van der Waals surface area contributed by atoms with Crippen LogP contribution in [-0.4, -0.2) is 8.80 Å². The van der Waals surface area contributed by atoms with Gasteiger partial charge in [-0.25, -0.2) is 9.13 Å². The minimum atomic E-state index is 1.04. The Kier molecular flexibility index (Phi) is 4.74. The van der Waals surface area contributed by atoms with Crippen molar-refractivity contribution >= 4 is 11.0 Å². The second kappa shape index (κ2) is 7.32. The maximum atomic E-state index is 2.43. The lowest BCUT2D eigenvalue weighted by molar-refractivity contribution is -0.714. The van der Waals surface area contributed by atoms with Crippen LogP contribution in [0.25, 0.3) is 22.7 Å². The zero-order valence-corrected chi connectivity index (χ0v) is 15.8. The maximum Gasteiger partial charge on any atom is 0.378 e. The predicted octanol–water partition coefficient (Wildman–Crippen LogP) is 4.03. The second-order valence-electron chi connectivity index (χ2n) is 6.99. The number of aryl methyl sites for hydroxylation is 2. The van der Waals surface area contributed by atoms with Crippen LogP contribution >= 0.6 is 0 Å². The van der Waals surface area contributed by atoms with Crippen molar-refractivity contribution in [1.29, 1.82) is 0 Å². The van der Waals surface area contributed by atoms with E-state index in [9.17, 15) is 0 Å². The van der Waals surface area contributed by atoms with Crippen LogP contribution in [0.5, 0.6) is 0 Å². The molecule has 4 heterocycles. The summed E-state index contributed by atoms with van der Waals surface area (Å²) in [6, 6.07) is 12.9. The van der Waals surface area contributed by atoms with Crippen molar-refractivity contribution < 1.29 is 9.13 Å². The van der Waals surface area contributed by atoms with Gasteiger partial charge in [-0.1, -0.05) is 38.8 Å². The van der Waals surface area contributed by atoms with Crippen molar-refractivity contribution in [2.45, 2.75) is 52.6 Å². The third-order valence-corrected chi connectivity index (χ3v) is 5.06. The summed E-state index contributed by atoms with van der Waals surface area (Å²) in [5.41, 5.74) is 2.48. The number of imidazole rings is 2. The van der Waals surface area contributed by atoms with Crippen LogP contribution in [0.15, 0.2) is 61.2 Å². The molecule has 0 amide bonds. The lowest BCUT2D eigenvalue weighted by atomic mass is 10.3. The van der Waals surface area contributed by atoms with Gasteiger partial charge >= 0.3 is 11.6 Å². The Hall–Kier alpha value is -2.62. The van der Waals surface area contributed by atoms with E-state index < -0.39 is 0 Å². The van der Waals surface area contributed by atoms with Crippen molar-refractivity contribution in [1.82, 2.24) is 8.80 Å². The molecule has 4 heteroatoms. The van der Waals surface area contributed by atoms with Crippen molar-refractivity contribution in [3.8, 4) is 11.6 Å². The Morgan fingerprint density at radius 2 is 1.15 bits per heavy atom. The highest BCUT2D eigenvalue weighted by molar-refractivity contribution is 5.56. The van der Waals surface area contributed by atoms with E-state index in [1.807, 2.05) is 0 Å². The van der Waals surface area contributed by atoms with Crippen LogP contribution in [0.2, 0.25) is 0 Å². The third kappa shape index (κ3) is 2.90. The lowest BCUT2D eigenvalue weighted by Crippen LogP contribution is -2.41. The molecule has 0 aromatic carbocycles. The van der Waals surface area contributed by atoms with Gasteiger partial charge in [0.1, 0.15) is 12.4 Å². The predicted molar refractivity (Wildman–Crippen MR) is 104 cm³/mol. The molecule has 0 spiro atoms. The quantitative estimate of drug-likeness (QED) is 0.449. The maximum absolute atomic E-state index is 2.43. The molecule has 4 rings (SSSR count). The van der Waals surface area contributed by atoms with Crippen molar-refractivity contribution in [2.24, 2.45) is 0 Å². The number of pyridine rings is 2. The SMILES string of the molecule is CCCC[n+]1cc2ccccn2c1-c1n2ccccc2c[n+]1CCCC. The molecule has 0 saturated heterocycles. The third-order valence-electron chi connectivity index (χ3n) is 5.06. The summed E-state index contributed by atoms with van der Waals surface area (Å²) >= 11 is 0. The molecule has 0 radical (unpaired) electrons. The van der Waals surface area contributed by atoms with Crippen LogP contribution in [0, 0.1) is 0 Å². The minimum absolute atomic E-state index is 1.04. The summed E-state index contributed by atoms with van der Waals surface area (Å²) in [5.74, 6) is 2.52. The van der Waals surface area contributed by atoms with Gasteiger partial charge in [0.05, 0.1) is 25.5 Å². The molecule has 4 aromatic rings. The summed E-state index contributed by atoms with van der Waals surface area (Å²) in [6.07, 6.45) is 13.7. The number of rotatable bonds is 7. The van der Waals surface area contributed by atoms with Crippen molar-refractivity contribution in [3.05, 3.63) is 61.2 Å². The first kappa shape index (κ1) is 16.8. The molecule has 0 N–H and O–H groups in total. The van der Waals surface area contributed by atoms with E-state index in [0.29, 0.717) is 0 Å². The molecule has 4 nitrogen and oxygen atoms in total. The van der Waals surface area contributed by atoms with Crippen LogP contribution in [-0.2, 0) is 13.1 Å². The van der Waals surface area contributed by atoms with E-state index in [0.717, 1.165) is 13.1 Å². The highest BCUT2D eigenvalue weighted by atomic mass is 15.2. The summed E-state index contributed by atoms with van der Waals surface area (Å²) in [6.45, 7) is 6.59. The number of hydrogen-bond acceptors (Lipinski definition) is 0. The largest absolute Gasteiger partial charge is 0.378 e. The molecule has 0 atom stereocenters. The molecule has 134 valence electrons. The van der Waals surface area contributed by atoms with E-state index in [1.165, 1.54) is 48.4 Å². The first-order chi connectivity index (χ1) is 12.8. The summed E-state index contributed by atoms with van der Waals surface area (Å²) in [4.78, 5) is 0. The Labute approximate surface area is 155 Å². The molecule has 0 aliphatic rings. The monoisotopic (exact) mass is 348 g/mol. The molecule has 0 aliphatic carbocycles. The number of hydrogen-bond donors (Lipinski definition) is 0. The van der Waals surface area contributed by atoms with Gasteiger partial charge in [0.2, 0.25) is 0 Å². The van der Waals surface area contributed by atoms with Crippen LogP contribution in [0.3, 0.4) is 0 Å². The minimum Gasteiger partial charge on any atom is -0.222 e. The van der Waals surface area contributed by atoms with E-state index in [1.54, 1.807) is 0 Å². The van der Waals surface area contributed by atoms with E-state index in [-0.39, 0.29) is 0 Å². The summed E-state index contributed by atoms with van der Waals surface area (Å²) in [7, 11) is 0. The molecular weight excluding hydrogens is 320 g/mol. The smallest absolute Gasteiger partial charge is 0.222 e. The topological polar surface area (TPSA) is 16.6 Å². The van der Waals surface area contributed by atoms with E-state index >= 15 is 0 Å². The fraction of sp³-hybridized carbons (Fsp3) is 0.364. The fourth-order valence-electron chi connectivity index (χ4n) is 3.70. The van der Waals surface area contributed by atoms with Gasteiger partial charge in [0.25, 0.3) is 0 Å². The molecule has 4 aromatic heterocycles. The Balaban J connectivity index is 1.99. The van der Waals surface area contributed by atoms with Gasteiger partial charge in [-0.05, 0) is 37.1 Å². The van der Waals surface area contributed by atoms with Gasteiger partial charge in [-0.3, -0.25) is 0 Å². The first-order valence-corrected chi connectivity index (χ1v) is 9.83. The van der Waals surface area contributed by atoms with Gasteiger partial charge in [0.15, 0.2) is 11.0 Å². The Morgan fingerprint density at radius 3 is 1.58 bits per heavy atom. The lowest BCUT2D eigenvalue weighted by Gasteiger charge is -2.01. The van der Waals surface area contributed by atoms with Gasteiger partial charge < -0.3 is 0 Å². The van der Waals surface area contributed by atoms with Crippen molar-refractivity contribution in [3.63, 3.8) is 0 Å². The Bertz CT molecular complexity index is 941. The number of aromatic nitrogens is 4. The van der Waals surface area contributed by atoms with Gasteiger partial charge in [0, 0.05) is 0 Å². The van der Waals surface area contributed by atoms with E-state index in [2.05, 4.69) is 93.0 Å². The van der Waals surface area contributed by atoms with Gasteiger partial charge in [-0.2, -0.15) is 8.80 Å². The summed E-state index contributed by atoms with van der Waals surface area (Å²) < 4.78 is 9.51. The number of fused-ring (bicyclic) bond motifs is 2. The zero-order valence-electron chi connectivity index (χ0n) is 15.8. The molecule has 0 saturated carbocycles. The molecule has 0 aliphatic heterocycles. The van der Waals surface area contributed by atoms with E-state index in [4.69, 9.17) is 0 Å². The average Bonchev–Trinajstić information content (AvgIpc) is 3.21. The fourth-order valence-corrected chi connectivity index (χ4v) is 3.70. The number of nitrogens with zero attached hydrogens (tertiary/aromatic N) is 4. The highest BCUT2D eigenvalue weighted by Gasteiger charge is 2.32. The van der Waals surface area contributed by atoms with Crippen LogP contribution in [0.1, 0.15) is 39.5 Å². The van der Waals surface area contributed by atoms with Gasteiger partial charge in [-0.15, -0.1) is 0 Å². The molecule has 0 unspecified atom stereocenters. The highest BCUT2D eigenvalue weighted by Crippen LogP contribution is 2.19. The Morgan fingerprint density at radius 1 is 0.692 bits per heavy atom. The zero-order chi connectivity index (χ0) is 17.9. The summed E-state index contributed by atoms with van der Waals surface area (Å²) in [5, 5.41) is 0. The molecule has 0 bridgehead atoms. The molecular formula is C22H28N4+2. The van der Waals surface area contributed by atoms with Crippen LogP contribution < -0.4 is 9.13 Å². The second-order valence-corrected chi connectivity index (χ2v) is 6.99. The van der Waals surface area contributed by atoms with Crippen LogP contribution in [0.4, 0.5) is 0 Å². The molecule has 0 fully saturated rings. The number of unbranched alkanes of at least 4 members (excludes halogenated alkanes) is 2.